The molecule has 0 saturated carbocycles. The van der Waals surface area contributed by atoms with E-state index in [4.69, 9.17) is 10.5 Å². The minimum Gasteiger partial charge on any atom is -0.380 e. The van der Waals surface area contributed by atoms with E-state index in [0.717, 1.165) is 17.5 Å². The molecule has 106 valence electrons. The molecular weight excluding hydrogens is 264 g/mol. The summed E-state index contributed by atoms with van der Waals surface area (Å²) >= 11 is 0. The predicted octanol–water partition coefficient (Wildman–Crippen LogP) is 0.775. The van der Waals surface area contributed by atoms with Gasteiger partial charge >= 0.3 is 0 Å². The van der Waals surface area contributed by atoms with Gasteiger partial charge in [0.1, 0.15) is 0 Å². The van der Waals surface area contributed by atoms with E-state index in [2.05, 4.69) is 4.72 Å². The number of hydrogen-bond acceptors (Lipinski definition) is 4. The monoisotopic (exact) mass is 284 g/mol. The lowest BCUT2D eigenvalue weighted by atomic mass is 10.1. The average molecular weight is 284 g/mol. The highest BCUT2D eigenvalue weighted by atomic mass is 32.2. The summed E-state index contributed by atoms with van der Waals surface area (Å²) in [5.41, 5.74) is 7.21. The van der Waals surface area contributed by atoms with Crippen LogP contribution in [0.15, 0.2) is 23.1 Å². The van der Waals surface area contributed by atoms with Crippen LogP contribution in [0.2, 0.25) is 0 Å². The molecule has 1 heterocycles. The van der Waals surface area contributed by atoms with Crippen LogP contribution in [-0.4, -0.2) is 27.7 Å². The standard InChI is InChI=1S/C13H20N2O3S/c1-2-11-4-3-10(8-14)7-13(11)19(16,17)15-12-5-6-18-9-12/h3-4,7,12,15H,2,5-6,8-9,14H2,1H3. The summed E-state index contributed by atoms with van der Waals surface area (Å²) in [6.07, 6.45) is 1.39. The first kappa shape index (κ1) is 14.5. The number of ether oxygens (including phenoxy) is 1. The molecule has 1 aromatic carbocycles. The van der Waals surface area contributed by atoms with Crippen molar-refractivity contribution in [3.63, 3.8) is 0 Å². The van der Waals surface area contributed by atoms with Gasteiger partial charge in [0.25, 0.3) is 0 Å². The Morgan fingerprint density at radius 3 is 2.84 bits per heavy atom. The first-order valence-electron chi connectivity index (χ1n) is 6.48. The lowest BCUT2D eigenvalue weighted by Gasteiger charge is -2.15. The molecule has 0 amide bonds. The van der Waals surface area contributed by atoms with Crippen molar-refractivity contribution in [3.05, 3.63) is 29.3 Å². The van der Waals surface area contributed by atoms with E-state index < -0.39 is 10.0 Å². The van der Waals surface area contributed by atoms with E-state index in [0.29, 0.717) is 31.1 Å². The molecule has 3 N–H and O–H groups in total. The van der Waals surface area contributed by atoms with Gasteiger partial charge in [-0.1, -0.05) is 19.1 Å². The molecule has 0 radical (unpaired) electrons. The summed E-state index contributed by atoms with van der Waals surface area (Å²) < 4.78 is 32.8. The maximum atomic E-state index is 12.4. The molecule has 0 aliphatic carbocycles. The fraction of sp³-hybridized carbons (Fsp3) is 0.538. The molecule has 19 heavy (non-hydrogen) atoms. The van der Waals surface area contributed by atoms with Gasteiger partial charge in [0.2, 0.25) is 10.0 Å². The molecule has 1 aliphatic heterocycles. The number of benzene rings is 1. The van der Waals surface area contributed by atoms with Crippen LogP contribution >= 0.6 is 0 Å². The molecule has 5 nitrogen and oxygen atoms in total. The third kappa shape index (κ3) is 3.33. The highest BCUT2D eigenvalue weighted by Gasteiger charge is 2.25. The number of hydrogen-bond donors (Lipinski definition) is 2. The molecular formula is C13H20N2O3S. The summed E-state index contributed by atoms with van der Waals surface area (Å²) in [6, 6.07) is 5.24. The van der Waals surface area contributed by atoms with Crippen LogP contribution in [0.5, 0.6) is 0 Å². The molecule has 1 saturated heterocycles. The Balaban J connectivity index is 2.32. The van der Waals surface area contributed by atoms with Crippen LogP contribution in [0.25, 0.3) is 0 Å². The fourth-order valence-corrected chi connectivity index (χ4v) is 3.79. The van der Waals surface area contributed by atoms with E-state index in [-0.39, 0.29) is 6.04 Å². The van der Waals surface area contributed by atoms with Gasteiger partial charge in [-0.15, -0.1) is 0 Å². The first-order valence-corrected chi connectivity index (χ1v) is 7.97. The summed E-state index contributed by atoms with van der Waals surface area (Å²) in [4.78, 5) is 0.338. The highest BCUT2D eigenvalue weighted by molar-refractivity contribution is 7.89. The van der Waals surface area contributed by atoms with Gasteiger partial charge in [-0.3, -0.25) is 0 Å². The molecule has 0 spiro atoms. The molecule has 1 unspecified atom stereocenters. The fourth-order valence-electron chi connectivity index (χ4n) is 2.18. The smallest absolute Gasteiger partial charge is 0.241 e. The Morgan fingerprint density at radius 1 is 1.47 bits per heavy atom. The van der Waals surface area contributed by atoms with E-state index in [1.807, 2.05) is 19.1 Å². The number of aryl methyl sites for hydroxylation is 1. The molecule has 0 aromatic heterocycles. The zero-order valence-electron chi connectivity index (χ0n) is 11.1. The quantitative estimate of drug-likeness (QED) is 0.837. The van der Waals surface area contributed by atoms with Gasteiger partial charge in [0, 0.05) is 19.2 Å². The Bertz CT molecular complexity index is 537. The van der Waals surface area contributed by atoms with Crippen LogP contribution < -0.4 is 10.5 Å². The molecule has 1 aliphatic rings. The predicted molar refractivity (Wildman–Crippen MR) is 73.3 cm³/mol. The first-order chi connectivity index (χ1) is 9.06. The van der Waals surface area contributed by atoms with Gasteiger partial charge in [0.05, 0.1) is 11.5 Å². The van der Waals surface area contributed by atoms with E-state index in [1.54, 1.807) is 6.07 Å². The van der Waals surface area contributed by atoms with Crippen molar-refractivity contribution in [1.82, 2.24) is 4.72 Å². The highest BCUT2D eigenvalue weighted by Crippen LogP contribution is 2.20. The minimum absolute atomic E-state index is 0.128. The number of nitrogens with two attached hydrogens (primary N) is 1. The molecule has 1 aromatic rings. The number of sulfonamides is 1. The SMILES string of the molecule is CCc1ccc(CN)cc1S(=O)(=O)NC1CCOC1. The number of nitrogens with one attached hydrogen (secondary N) is 1. The van der Waals surface area contributed by atoms with Crippen molar-refractivity contribution in [3.8, 4) is 0 Å². The third-order valence-electron chi connectivity index (χ3n) is 3.29. The Kier molecular flexibility index (Phi) is 4.57. The summed E-state index contributed by atoms with van der Waals surface area (Å²) in [6.45, 7) is 3.32. The van der Waals surface area contributed by atoms with Gasteiger partial charge in [0.15, 0.2) is 0 Å². The van der Waals surface area contributed by atoms with Crippen molar-refractivity contribution in [2.24, 2.45) is 5.73 Å². The lowest BCUT2D eigenvalue weighted by Crippen LogP contribution is -2.35. The van der Waals surface area contributed by atoms with Crippen molar-refractivity contribution < 1.29 is 13.2 Å². The Hall–Kier alpha value is -0.950. The lowest BCUT2D eigenvalue weighted by molar-refractivity contribution is 0.192. The topological polar surface area (TPSA) is 81.4 Å². The maximum Gasteiger partial charge on any atom is 0.241 e. The van der Waals surface area contributed by atoms with E-state index in [9.17, 15) is 8.42 Å². The zero-order chi connectivity index (χ0) is 13.9. The van der Waals surface area contributed by atoms with Gasteiger partial charge in [-0.25, -0.2) is 13.1 Å². The minimum atomic E-state index is -3.50. The molecule has 1 fully saturated rings. The summed E-state index contributed by atoms with van der Waals surface area (Å²) in [5, 5.41) is 0. The van der Waals surface area contributed by atoms with Crippen LogP contribution in [0.1, 0.15) is 24.5 Å². The van der Waals surface area contributed by atoms with Crippen LogP contribution in [0.4, 0.5) is 0 Å². The molecule has 0 bridgehead atoms. The van der Waals surface area contributed by atoms with Crippen molar-refractivity contribution >= 4 is 10.0 Å². The molecule has 6 heteroatoms. The van der Waals surface area contributed by atoms with Gasteiger partial charge in [-0.2, -0.15) is 0 Å². The van der Waals surface area contributed by atoms with Crippen LogP contribution in [0, 0.1) is 0 Å². The van der Waals surface area contributed by atoms with E-state index in [1.165, 1.54) is 0 Å². The number of rotatable bonds is 5. The third-order valence-corrected chi connectivity index (χ3v) is 4.89. The average Bonchev–Trinajstić information content (AvgIpc) is 2.90. The Morgan fingerprint density at radius 2 is 2.26 bits per heavy atom. The molecule has 1 atom stereocenters. The van der Waals surface area contributed by atoms with E-state index >= 15 is 0 Å². The second-order valence-electron chi connectivity index (χ2n) is 4.68. The summed E-state index contributed by atoms with van der Waals surface area (Å²) in [7, 11) is -3.50. The second-order valence-corrected chi connectivity index (χ2v) is 6.36. The normalized spacial score (nSPS) is 19.8. The largest absolute Gasteiger partial charge is 0.380 e. The summed E-state index contributed by atoms with van der Waals surface area (Å²) in [5.74, 6) is 0. The van der Waals surface area contributed by atoms with Gasteiger partial charge < -0.3 is 10.5 Å². The van der Waals surface area contributed by atoms with Crippen LogP contribution in [0.3, 0.4) is 0 Å². The van der Waals surface area contributed by atoms with Crippen molar-refractivity contribution in [2.75, 3.05) is 13.2 Å². The van der Waals surface area contributed by atoms with Crippen molar-refractivity contribution in [2.45, 2.75) is 37.2 Å². The zero-order valence-corrected chi connectivity index (χ0v) is 11.9. The van der Waals surface area contributed by atoms with Crippen molar-refractivity contribution in [1.29, 1.82) is 0 Å². The van der Waals surface area contributed by atoms with Crippen LogP contribution in [-0.2, 0) is 27.7 Å². The van der Waals surface area contributed by atoms with Gasteiger partial charge in [-0.05, 0) is 30.0 Å². The molecule has 2 rings (SSSR count). The maximum absolute atomic E-state index is 12.4. The Labute approximate surface area is 114 Å². The second kappa shape index (κ2) is 6.00.